The van der Waals surface area contributed by atoms with Gasteiger partial charge in [0.1, 0.15) is 18.1 Å². The van der Waals surface area contributed by atoms with Crippen LogP contribution in [0.5, 0.6) is 11.5 Å². The predicted molar refractivity (Wildman–Crippen MR) is 71.6 cm³/mol. The fourth-order valence-corrected chi connectivity index (χ4v) is 1.71. The molecule has 3 heteroatoms. The summed E-state index contributed by atoms with van der Waals surface area (Å²) >= 11 is 0. The van der Waals surface area contributed by atoms with E-state index in [4.69, 9.17) is 4.74 Å². The summed E-state index contributed by atoms with van der Waals surface area (Å²) < 4.78 is 5.71. The van der Waals surface area contributed by atoms with Gasteiger partial charge in [-0.25, -0.2) is 0 Å². The van der Waals surface area contributed by atoms with Crippen molar-refractivity contribution in [2.24, 2.45) is 0 Å². The van der Waals surface area contributed by atoms with Crippen molar-refractivity contribution in [1.82, 2.24) is 5.32 Å². The molecule has 0 unspecified atom stereocenters. The summed E-state index contributed by atoms with van der Waals surface area (Å²) in [7, 11) is 1.92. The number of benzene rings is 2. The molecule has 0 aliphatic heterocycles. The Kier molecular flexibility index (Phi) is 4.20. The third-order valence-electron chi connectivity index (χ3n) is 2.62. The second-order valence-electron chi connectivity index (χ2n) is 4.13. The normalized spacial score (nSPS) is 10.3. The molecule has 94 valence electrons. The molecular weight excluding hydrogens is 226 g/mol. The number of ether oxygens (including phenoxy) is 1. The van der Waals surface area contributed by atoms with Gasteiger partial charge in [-0.1, -0.05) is 24.3 Å². The van der Waals surface area contributed by atoms with Crippen LogP contribution in [0, 0.1) is 0 Å². The van der Waals surface area contributed by atoms with E-state index in [0.29, 0.717) is 6.61 Å². The van der Waals surface area contributed by atoms with Crippen molar-refractivity contribution in [1.29, 1.82) is 0 Å². The van der Waals surface area contributed by atoms with Gasteiger partial charge in [-0.3, -0.25) is 0 Å². The van der Waals surface area contributed by atoms with Gasteiger partial charge in [0, 0.05) is 6.54 Å². The first-order chi connectivity index (χ1) is 8.78. The van der Waals surface area contributed by atoms with Crippen molar-refractivity contribution < 1.29 is 9.84 Å². The van der Waals surface area contributed by atoms with Gasteiger partial charge in [-0.05, 0) is 42.4 Å². The van der Waals surface area contributed by atoms with Gasteiger partial charge in [0.2, 0.25) is 0 Å². The van der Waals surface area contributed by atoms with Gasteiger partial charge in [-0.2, -0.15) is 0 Å². The van der Waals surface area contributed by atoms with Crippen molar-refractivity contribution in [2.45, 2.75) is 13.2 Å². The Balaban J connectivity index is 1.97. The van der Waals surface area contributed by atoms with Crippen LogP contribution in [-0.2, 0) is 13.2 Å². The minimum absolute atomic E-state index is 0.273. The zero-order valence-corrected chi connectivity index (χ0v) is 10.4. The van der Waals surface area contributed by atoms with E-state index in [1.54, 1.807) is 12.1 Å². The van der Waals surface area contributed by atoms with Crippen LogP contribution in [0.4, 0.5) is 0 Å². The van der Waals surface area contributed by atoms with Gasteiger partial charge in [0.05, 0.1) is 0 Å². The Morgan fingerprint density at radius 2 is 1.83 bits per heavy atom. The Morgan fingerprint density at radius 1 is 1.06 bits per heavy atom. The lowest BCUT2D eigenvalue weighted by molar-refractivity contribution is 0.305. The van der Waals surface area contributed by atoms with Gasteiger partial charge < -0.3 is 15.2 Å². The average molecular weight is 243 g/mol. The molecule has 0 heterocycles. The number of hydrogen-bond acceptors (Lipinski definition) is 3. The second kappa shape index (κ2) is 6.07. The van der Waals surface area contributed by atoms with E-state index >= 15 is 0 Å². The lowest BCUT2D eigenvalue weighted by atomic mass is 10.2. The largest absolute Gasteiger partial charge is 0.508 e. The lowest BCUT2D eigenvalue weighted by Crippen LogP contribution is -2.05. The molecule has 2 aromatic carbocycles. The molecule has 0 radical (unpaired) electrons. The van der Waals surface area contributed by atoms with E-state index in [9.17, 15) is 5.11 Å². The summed E-state index contributed by atoms with van der Waals surface area (Å²) in [6.45, 7) is 1.33. The highest BCUT2D eigenvalue weighted by atomic mass is 16.5. The average Bonchev–Trinajstić information content (AvgIpc) is 2.39. The fourth-order valence-electron chi connectivity index (χ4n) is 1.71. The standard InChI is InChI=1S/C15H17NO2/c1-16-10-13-3-2-4-15(9-13)18-11-12-5-7-14(17)8-6-12/h2-9,16-17H,10-11H2,1H3. The summed E-state index contributed by atoms with van der Waals surface area (Å²) in [4.78, 5) is 0. The first kappa shape index (κ1) is 12.5. The molecule has 3 nitrogen and oxygen atoms in total. The van der Waals surface area contributed by atoms with Crippen molar-refractivity contribution in [3.05, 3.63) is 59.7 Å². The highest BCUT2D eigenvalue weighted by Gasteiger charge is 1.98. The molecule has 18 heavy (non-hydrogen) atoms. The summed E-state index contributed by atoms with van der Waals surface area (Å²) in [5, 5.41) is 12.3. The van der Waals surface area contributed by atoms with Crippen molar-refractivity contribution in [3.63, 3.8) is 0 Å². The van der Waals surface area contributed by atoms with E-state index in [-0.39, 0.29) is 5.75 Å². The molecule has 2 aromatic rings. The molecule has 0 aliphatic rings. The molecule has 0 spiro atoms. The monoisotopic (exact) mass is 243 g/mol. The maximum atomic E-state index is 9.19. The van der Waals surface area contributed by atoms with Crippen LogP contribution in [-0.4, -0.2) is 12.2 Å². The lowest BCUT2D eigenvalue weighted by Gasteiger charge is -2.08. The summed E-state index contributed by atoms with van der Waals surface area (Å²) in [5.41, 5.74) is 2.23. The first-order valence-corrected chi connectivity index (χ1v) is 5.92. The smallest absolute Gasteiger partial charge is 0.120 e. The number of phenols is 1. The zero-order chi connectivity index (χ0) is 12.8. The summed E-state index contributed by atoms with van der Waals surface area (Å²) in [6.07, 6.45) is 0. The van der Waals surface area contributed by atoms with E-state index in [1.165, 1.54) is 5.56 Å². The van der Waals surface area contributed by atoms with E-state index in [1.807, 2.05) is 37.4 Å². The fraction of sp³-hybridized carbons (Fsp3) is 0.200. The quantitative estimate of drug-likeness (QED) is 0.848. The maximum absolute atomic E-state index is 9.19. The molecule has 2 rings (SSSR count). The van der Waals surface area contributed by atoms with Crippen LogP contribution in [0.15, 0.2) is 48.5 Å². The number of rotatable bonds is 5. The van der Waals surface area contributed by atoms with Crippen LogP contribution in [0.1, 0.15) is 11.1 Å². The Labute approximate surface area is 107 Å². The maximum Gasteiger partial charge on any atom is 0.120 e. The topological polar surface area (TPSA) is 41.5 Å². The summed E-state index contributed by atoms with van der Waals surface area (Å²) in [5.74, 6) is 1.13. The Bertz CT molecular complexity index is 494. The van der Waals surface area contributed by atoms with Crippen LogP contribution in [0.25, 0.3) is 0 Å². The number of nitrogens with one attached hydrogen (secondary N) is 1. The number of phenolic OH excluding ortho intramolecular Hbond substituents is 1. The zero-order valence-electron chi connectivity index (χ0n) is 10.4. The molecule has 0 aliphatic carbocycles. The van der Waals surface area contributed by atoms with Crippen molar-refractivity contribution in [3.8, 4) is 11.5 Å². The van der Waals surface area contributed by atoms with Gasteiger partial charge >= 0.3 is 0 Å². The van der Waals surface area contributed by atoms with E-state index in [2.05, 4.69) is 11.4 Å². The van der Waals surface area contributed by atoms with Gasteiger partial charge in [-0.15, -0.1) is 0 Å². The predicted octanol–water partition coefficient (Wildman–Crippen LogP) is 2.69. The van der Waals surface area contributed by atoms with Crippen molar-refractivity contribution >= 4 is 0 Å². The highest BCUT2D eigenvalue weighted by molar-refractivity contribution is 5.29. The van der Waals surface area contributed by atoms with Crippen LogP contribution in [0.2, 0.25) is 0 Å². The number of aromatic hydroxyl groups is 1. The van der Waals surface area contributed by atoms with Crippen LogP contribution >= 0.6 is 0 Å². The Hall–Kier alpha value is -2.00. The summed E-state index contributed by atoms with van der Waals surface area (Å²) in [6, 6.07) is 15.0. The van der Waals surface area contributed by atoms with E-state index in [0.717, 1.165) is 17.9 Å². The molecule has 0 aromatic heterocycles. The highest BCUT2D eigenvalue weighted by Crippen LogP contribution is 2.16. The van der Waals surface area contributed by atoms with Gasteiger partial charge in [0.15, 0.2) is 0 Å². The molecule has 2 N–H and O–H groups in total. The molecule has 0 bridgehead atoms. The molecular formula is C15H17NO2. The molecule has 0 atom stereocenters. The third-order valence-corrected chi connectivity index (χ3v) is 2.62. The van der Waals surface area contributed by atoms with Crippen molar-refractivity contribution in [2.75, 3.05) is 7.05 Å². The Morgan fingerprint density at radius 3 is 2.56 bits per heavy atom. The van der Waals surface area contributed by atoms with E-state index < -0.39 is 0 Å². The molecule has 0 saturated heterocycles. The van der Waals surface area contributed by atoms with Crippen LogP contribution in [0.3, 0.4) is 0 Å². The molecule has 0 saturated carbocycles. The minimum atomic E-state index is 0.273. The third kappa shape index (κ3) is 3.50. The molecule has 0 amide bonds. The van der Waals surface area contributed by atoms with Gasteiger partial charge in [0.25, 0.3) is 0 Å². The first-order valence-electron chi connectivity index (χ1n) is 5.92. The SMILES string of the molecule is CNCc1cccc(OCc2ccc(O)cc2)c1. The molecule has 0 fully saturated rings. The minimum Gasteiger partial charge on any atom is -0.508 e. The second-order valence-corrected chi connectivity index (χ2v) is 4.13. The number of hydrogen-bond donors (Lipinski definition) is 2. The van der Waals surface area contributed by atoms with Crippen LogP contribution < -0.4 is 10.1 Å².